The zero-order valence-electron chi connectivity index (χ0n) is 11.5. The molecule has 0 aromatic carbocycles. The predicted octanol–water partition coefficient (Wildman–Crippen LogP) is 3.49. The lowest BCUT2D eigenvalue weighted by atomic mass is 9.47. The molecule has 2 aliphatic carbocycles. The van der Waals surface area contributed by atoms with E-state index in [1.54, 1.807) is 0 Å². The van der Waals surface area contributed by atoms with Crippen molar-refractivity contribution in [2.24, 2.45) is 22.7 Å². The van der Waals surface area contributed by atoms with E-state index >= 15 is 0 Å². The molecular weight excluding hydrogens is 231 g/mol. The van der Waals surface area contributed by atoms with Gasteiger partial charge in [0.1, 0.15) is 12.3 Å². The molecule has 3 rings (SSSR count). The van der Waals surface area contributed by atoms with Crippen molar-refractivity contribution in [2.75, 3.05) is 0 Å². The molecule has 1 unspecified atom stereocenters. The minimum Gasteiger partial charge on any atom is -0.462 e. The highest BCUT2D eigenvalue weighted by Gasteiger charge is 2.60. The van der Waals surface area contributed by atoms with Crippen molar-refractivity contribution in [3.8, 4) is 0 Å². The number of fused-ring (bicyclic) bond motifs is 3. The lowest BCUT2D eigenvalue weighted by Gasteiger charge is -2.57. The molecule has 0 N–H and O–H groups in total. The molecule has 3 fully saturated rings. The fourth-order valence-corrected chi connectivity index (χ4v) is 5.29. The number of hydrogen-bond acceptors (Lipinski definition) is 2. The summed E-state index contributed by atoms with van der Waals surface area (Å²) in [5, 5.41) is 0. The number of carbonyl (C=O) groups is 1. The standard InChI is InChI=1S/C15H23FO2/c1-14(2)7-9(16)8-15(3)10-6-13(17)18-11(10)4-5-12(14)15/h9-12H,4-8H2,1-3H3/t9?,10-,11+,12-,15+/m0/s1. The van der Waals surface area contributed by atoms with Crippen LogP contribution in [-0.2, 0) is 9.53 Å². The van der Waals surface area contributed by atoms with Crippen molar-refractivity contribution in [2.45, 2.75) is 65.2 Å². The van der Waals surface area contributed by atoms with Gasteiger partial charge in [0.2, 0.25) is 0 Å². The molecule has 1 heterocycles. The van der Waals surface area contributed by atoms with Crippen molar-refractivity contribution in [1.29, 1.82) is 0 Å². The summed E-state index contributed by atoms with van der Waals surface area (Å²) in [6.45, 7) is 6.59. The molecule has 18 heavy (non-hydrogen) atoms. The SMILES string of the molecule is CC1(C)CC(F)C[C@]2(C)[C@H]3CC(=O)O[C@@H]3CC[C@@H]12. The van der Waals surface area contributed by atoms with Gasteiger partial charge >= 0.3 is 5.97 Å². The lowest BCUT2D eigenvalue weighted by molar-refractivity contribution is -0.147. The van der Waals surface area contributed by atoms with E-state index in [2.05, 4.69) is 20.8 Å². The van der Waals surface area contributed by atoms with Crippen LogP contribution in [0.2, 0.25) is 0 Å². The molecule has 1 saturated heterocycles. The average molecular weight is 254 g/mol. The summed E-state index contributed by atoms with van der Waals surface area (Å²) >= 11 is 0. The number of ether oxygens (including phenoxy) is 1. The largest absolute Gasteiger partial charge is 0.462 e. The van der Waals surface area contributed by atoms with E-state index in [0.717, 1.165) is 12.8 Å². The van der Waals surface area contributed by atoms with Crippen molar-refractivity contribution in [3.05, 3.63) is 0 Å². The van der Waals surface area contributed by atoms with Gasteiger partial charge in [-0.05, 0) is 42.4 Å². The van der Waals surface area contributed by atoms with Gasteiger partial charge < -0.3 is 4.74 Å². The maximum Gasteiger partial charge on any atom is 0.306 e. The van der Waals surface area contributed by atoms with Crippen LogP contribution in [0.1, 0.15) is 52.9 Å². The Morgan fingerprint density at radius 3 is 2.67 bits per heavy atom. The van der Waals surface area contributed by atoms with E-state index in [1.807, 2.05) is 0 Å². The summed E-state index contributed by atoms with van der Waals surface area (Å²) in [6.07, 6.45) is 3.15. The van der Waals surface area contributed by atoms with Crippen LogP contribution in [0.5, 0.6) is 0 Å². The van der Waals surface area contributed by atoms with E-state index in [4.69, 9.17) is 4.74 Å². The Labute approximate surface area is 108 Å². The Kier molecular flexibility index (Phi) is 2.56. The van der Waals surface area contributed by atoms with Gasteiger partial charge in [-0.1, -0.05) is 20.8 Å². The first-order valence-electron chi connectivity index (χ1n) is 7.16. The van der Waals surface area contributed by atoms with E-state index in [9.17, 15) is 9.18 Å². The monoisotopic (exact) mass is 254 g/mol. The highest BCUT2D eigenvalue weighted by atomic mass is 19.1. The summed E-state index contributed by atoms with van der Waals surface area (Å²) in [4.78, 5) is 11.6. The topological polar surface area (TPSA) is 26.3 Å². The van der Waals surface area contributed by atoms with Gasteiger partial charge in [-0.3, -0.25) is 4.79 Å². The fourth-order valence-electron chi connectivity index (χ4n) is 5.29. The molecule has 102 valence electrons. The minimum atomic E-state index is -0.726. The van der Waals surface area contributed by atoms with Crippen LogP contribution in [0.15, 0.2) is 0 Å². The Morgan fingerprint density at radius 1 is 1.22 bits per heavy atom. The molecule has 0 amide bonds. The van der Waals surface area contributed by atoms with E-state index in [-0.39, 0.29) is 28.8 Å². The van der Waals surface area contributed by atoms with Gasteiger partial charge in [-0.15, -0.1) is 0 Å². The molecule has 0 aromatic rings. The van der Waals surface area contributed by atoms with E-state index in [0.29, 0.717) is 25.2 Å². The highest BCUT2D eigenvalue weighted by Crippen LogP contribution is 2.62. The number of halogens is 1. The van der Waals surface area contributed by atoms with Crippen LogP contribution in [0.4, 0.5) is 4.39 Å². The molecule has 3 aliphatic rings. The van der Waals surface area contributed by atoms with Crippen LogP contribution in [0.3, 0.4) is 0 Å². The van der Waals surface area contributed by atoms with Crippen molar-refractivity contribution in [1.82, 2.24) is 0 Å². The summed E-state index contributed by atoms with van der Waals surface area (Å²) in [7, 11) is 0. The number of hydrogen-bond donors (Lipinski definition) is 0. The third-order valence-corrected chi connectivity index (χ3v) is 5.85. The van der Waals surface area contributed by atoms with Crippen molar-refractivity contribution >= 4 is 5.97 Å². The summed E-state index contributed by atoms with van der Waals surface area (Å²) < 4.78 is 19.5. The fraction of sp³-hybridized carbons (Fsp3) is 0.933. The Morgan fingerprint density at radius 2 is 1.94 bits per heavy atom. The zero-order valence-corrected chi connectivity index (χ0v) is 11.5. The van der Waals surface area contributed by atoms with Gasteiger partial charge in [-0.25, -0.2) is 4.39 Å². The van der Waals surface area contributed by atoms with Crippen LogP contribution >= 0.6 is 0 Å². The molecule has 0 aromatic heterocycles. The van der Waals surface area contributed by atoms with Crippen LogP contribution in [0.25, 0.3) is 0 Å². The van der Waals surface area contributed by atoms with Crippen LogP contribution in [0, 0.1) is 22.7 Å². The van der Waals surface area contributed by atoms with Gasteiger partial charge in [0.05, 0.1) is 6.42 Å². The van der Waals surface area contributed by atoms with E-state index in [1.165, 1.54) is 0 Å². The second kappa shape index (κ2) is 3.71. The maximum absolute atomic E-state index is 14.1. The zero-order chi connectivity index (χ0) is 13.1. The Hall–Kier alpha value is -0.600. The third-order valence-electron chi connectivity index (χ3n) is 5.85. The molecular formula is C15H23FO2. The van der Waals surface area contributed by atoms with Gasteiger partial charge in [-0.2, -0.15) is 0 Å². The normalized spacial score (nSPS) is 50.3. The van der Waals surface area contributed by atoms with E-state index < -0.39 is 6.17 Å². The molecule has 0 radical (unpaired) electrons. The second-order valence-corrected chi connectivity index (χ2v) is 7.47. The number of rotatable bonds is 0. The molecule has 0 bridgehead atoms. The van der Waals surface area contributed by atoms with Gasteiger partial charge in [0.25, 0.3) is 0 Å². The third kappa shape index (κ3) is 1.62. The first-order chi connectivity index (χ1) is 8.33. The summed E-state index contributed by atoms with van der Waals surface area (Å²) in [5.74, 6) is 0.681. The number of carbonyl (C=O) groups excluding carboxylic acids is 1. The molecule has 2 saturated carbocycles. The lowest BCUT2D eigenvalue weighted by Crippen LogP contribution is -2.54. The van der Waals surface area contributed by atoms with Gasteiger partial charge in [0.15, 0.2) is 0 Å². The summed E-state index contributed by atoms with van der Waals surface area (Å²) in [5.41, 5.74) is -0.0146. The number of alkyl halides is 1. The van der Waals surface area contributed by atoms with Crippen LogP contribution in [-0.4, -0.2) is 18.2 Å². The second-order valence-electron chi connectivity index (χ2n) is 7.47. The Bertz CT molecular complexity index is 379. The minimum absolute atomic E-state index is 0.0447. The Balaban J connectivity index is 1.96. The molecule has 1 aliphatic heterocycles. The summed E-state index contributed by atoms with van der Waals surface area (Å²) in [6, 6.07) is 0. The highest BCUT2D eigenvalue weighted by molar-refractivity contribution is 5.72. The first kappa shape index (κ1) is 12.4. The van der Waals surface area contributed by atoms with Crippen molar-refractivity contribution < 1.29 is 13.9 Å². The smallest absolute Gasteiger partial charge is 0.306 e. The van der Waals surface area contributed by atoms with Gasteiger partial charge in [0, 0.05) is 5.92 Å². The van der Waals surface area contributed by atoms with Crippen molar-refractivity contribution in [3.63, 3.8) is 0 Å². The quantitative estimate of drug-likeness (QED) is 0.618. The maximum atomic E-state index is 14.1. The molecule has 0 spiro atoms. The number of esters is 1. The average Bonchev–Trinajstić information content (AvgIpc) is 2.57. The first-order valence-corrected chi connectivity index (χ1v) is 7.16. The molecule has 3 heteroatoms. The molecule has 2 nitrogen and oxygen atoms in total. The molecule has 5 atom stereocenters. The van der Waals surface area contributed by atoms with Crippen LogP contribution < -0.4 is 0 Å². The predicted molar refractivity (Wildman–Crippen MR) is 66.7 cm³/mol.